The Morgan fingerprint density at radius 2 is 1.97 bits per heavy atom. The molecule has 1 unspecified atom stereocenters. The number of hydrogen-bond acceptors (Lipinski definition) is 7. The van der Waals surface area contributed by atoms with Gasteiger partial charge < -0.3 is 15.0 Å². The van der Waals surface area contributed by atoms with Crippen LogP contribution in [0, 0.1) is 19.8 Å². The molecule has 1 N–H and O–H groups in total. The average molecular weight is 469 g/mol. The molecule has 1 fully saturated rings. The number of benzene rings is 2. The monoisotopic (exact) mass is 468 g/mol. The summed E-state index contributed by atoms with van der Waals surface area (Å²) in [7, 11) is 0. The second-order valence-electron chi connectivity index (χ2n) is 7.62. The molecular formula is C23H24N4O3S2. The quantitative estimate of drug-likeness (QED) is 0.301. The van der Waals surface area contributed by atoms with Gasteiger partial charge in [-0.25, -0.2) is 0 Å². The van der Waals surface area contributed by atoms with Crippen LogP contribution >= 0.6 is 23.1 Å². The van der Waals surface area contributed by atoms with Crippen LogP contribution in [-0.4, -0.2) is 40.9 Å². The Kier molecular flexibility index (Phi) is 7.06. The highest BCUT2D eigenvalue weighted by Crippen LogP contribution is 2.29. The minimum absolute atomic E-state index is 0.0436. The van der Waals surface area contributed by atoms with Crippen molar-refractivity contribution in [2.45, 2.75) is 24.6 Å². The van der Waals surface area contributed by atoms with E-state index >= 15 is 0 Å². The lowest BCUT2D eigenvalue weighted by Crippen LogP contribution is -2.28. The number of hydrogen-bond donors (Lipinski definition) is 1. The first-order valence-electron chi connectivity index (χ1n) is 10.3. The number of aryl methyl sites for hydroxylation is 2. The first-order chi connectivity index (χ1) is 15.5. The molecule has 32 heavy (non-hydrogen) atoms. The Bertz CT molecular complexity index is 1120. The van der Waals surface area contributed by atoms with Crippen molar-refractivity contribution in [2.24, 2.45) is 5.92 Å². The van der Waals surface area contributed by atoms with Crippen molar-refractivity contribution in [3.8, 4) is 5.75 Å². The van der Waals surface area contributed by atoms with Gasteiger partial charge in [-0.15, -0.1) is 10.2 Å². The Morgan fingerprint density at radius 1 is 1.19 bits per heavy atom. The van der Waals surface area contributed by atoms with Crippen LogP contribution in [0.3, 0.4) is 0 Å². The third kappa shape index (κ3) is 5.66. The highest BCUT2D eigenvalue weighted by Gasteiger charge is 2.35. The molecule has 4 rings (SSSR count). The number of carbonyl (C=O) groups is 2. The minimum atomic E-state index is -0.411. The summed E-state index contributed by atoms with van der Waals surface area (Å²) in [5.41, 5.74) is 3.06. The van der Waals surface area contributed by atoms with Gasteiger partial charge in [0.1, 0.15) is 5.75 Å². The molecule has 2 amide bonds. The van der Waals surface area contributed by atoms with Crippen LogP contribution in [-0.2, 0) is 9.59 Å². The zero-order valence-corrected chi connectivity index (χ0v) is 19.5. The van der Waals surface area contributed by atoms with Crippen molar-refractivity contribution < 1.29 is 14.3 Å². The zero-order chi connectivity index (χ0) is 22.5. The maximum atomic E-state index is 12.7. The lowest BCUT2D eigenvalue weighted by Gasteiger charge is -2.17. The fraction of sp³-hybridized carbons (Fsp3) is 0.304. The van der Waals surface area contributed by atoms with Gasteiger partial charge in [-0.3, -0.25) is 9.59 Å². The lowest BCUT2D eigenvalue weighted by molar-refractivity contribution is -0.122. The van der Waals surface area contributed by atoms with Crippen LogP contribution in [0.1, 0.15) is 17.5 Å². The molecule has 2 heterocycles. The number of amides is 2. The predicted octanol–water partition coefficient (Wildman–Crippen LogP) is 4.32. The maximum Gasteiger partial charge on any atom is 0.231 e. The van der Waals surface area contributed by atoms with Gasteiger partial charge in [-0.05, 0) is 49.2 Å². The van der Waals surface area contributed by atoms with Crippen LogP contribution < -0.4 is 15.0 Å². The maximum absolute atomic E-state index is 12.7. The third-order valence-electron chi connectivity index (χ3n) is 5.01. The normalized spacial score (nSPS) is 15.8. The highest BCUT2D eigenvalue weighted by molar-refractivity contribution is 8.01. The van der Waals surface area contributed by atoms with E-state index in [-0.39, 0.29) is 18.2 Å². The van der Waals surface area contributed by atoms with E-state index in [4.69, 9.17) is 4.74 Å². The molecule has 0 bridgehead atoms. The van der Waals surface area contributed by atoms with Gasteiger partial charge in [0.05, 0.1) is 12.5 Å². The molecule has 7 nitrogen and oxygen atoms in total. The van der Waals surface area contributed by atoms with E-state index in [1.807, 2.05) is 62.4 Å². The van der Waals surface area contributed by atoms with E-state index < -0.39 is 5.92 Å². The number of aromatic nitrogens is 2. The molecule has 0 radical (unpaired) electrons. The Morgan fingerprint density at radius 3 is 2.75 bits per heavy atom. The van der Waals surface area contributed by atoms with Crippen molar-refractivity contribution in [3.05, 3.63) is 59.7 Å². The minimum Gasteiger partial charge on any atom is -0.493 e. The van der Waals surface area contributed by atoms with Gasteiger partial charge in [0.25, 0.3) is 0 Å². The smallest absolute Gasteiger partial charge is 0.231 e. The molecule has 2 aromatic carbocycles. The van der Waals surface area contributed by atoms with Crippen LogP contribution in [0.5, 0.6) is 5.75 Å². The van der Waals surface area contributed by atoms with Crippen LogP contribution in [0.4, 0.5) is 10.8 Å². The summed E-state index contributed by atoms with van der Waals surface area (Å²) < 4.78 is 6.50. The molecule has 1 atom stereocenters. The van der Waals surface area contributed by atoms with E-state index in [9.17, 15) is 9.59 Å². The summed E-state index contributed by atoms with van der Waals surface area (Å²) in [6.07, 6.45) is 0.191. The van der Waals surface area contributed by atoms with Crippen LogP contribution in [0.15, 0.2) is 52.9 Å². The third-order valence-corrected chi connectivity index (χ3v) is 6.95. The van der Waals surface area contributed by atoms with Crippen molar-refractivity contribution in [1.29, 1.82) is 0 Å². The first kappa shape index (κ1) is 22.3. The van der Waals surface area contributed by atoms with Crippen LogP contribution in [0.2, 0.25) is 0 Å². The van der Waals surface area contributed by atoms with Crippen molar-refractivity contribution in [3.63, 3.8) is 0 Å². The van der Waals surface area contributed by atoms with Gasteiger partial charge in [-0.2, -0.15) is 0 Å². The SMILES string of the molecule is Cc1cccc(OCCSc2nnc(NC(=O)C3CC(=O)N(c4cccc(C)c4)C3)s2)c1. The number of carbonyl (C=O) groups excluding carboxylic acids is 2. The largest absolute Gasteiger partial charge is 0.493 e. The summed E-state index contributed by atoms with van der Waals surface area (Å²) in [6.45, 7) is 4.92. The van der Waals surface area contributed by atoms with E-state index in [1.165, 1.54) is 23.1 Å². The molecule has 0 aliphatic carbocycles. The zero-order valence-electron chi connectivity index (χ0n) is 17.9. The van der Waals surface area contributed by atoms with Crippen molar-refractivity contribution in [1.82, 2.24) is 10.2 Å². The Labute approximate surface area is 195 Å². The second-order valence-corrected chi connectivity index (χ2v) is 9.94. The number of rotatable bonds is 8. The van der Waals surface area contributed by atoms with Gasteiger partial charge in [0.2, 0.25) is 16.9 Å². The summed E-state index contributed by atoms with van der Waals surface area (Å²) in [5.74, 6) is 0.910. The van der Waals surface area contributed by atoms with Gasteiger partial charge in [0.15, 0.2) is 4.34 Å². The molecule has 1 aliphatic rings. The molecule has 1 aromatic heterocycles. The first-order valence-corrected chi connectivity index (χ1v) is 12.1. The topological polar surface area (TPSA) is 84.4 Å². The molecule has 1 saturated heterocycles. The Hall–Kier alpha value is -2.91. The number of nitrogens with one attached hydrogen (secondary N) is 1. The van der Waals surface area contributed by atoms with Crippen molar-refractivity contribution >= 4 is 45.7 Å². The lowest BCUT2D eigenvalue weighted by atomic mass is 10.1. The van der Waals surface area contributed by atoms with Gasteiger partial charge >= 0.3 is 0 Å². The fourth-order valence-electron chi connectivity index (χ4n) is 3.45. The molecule has 1 aliphatic heterocycles. The van der Waals surface area contributed by atoms with E-state index in [0.29, 0.717) is 18.3 Å². The predicted molar refractivity (Wildman–Crippen MR) is 128 cm³/mol. The molecule has 0 spiro atoms. The number of ether oxygens (including phenoxy) is 1. The molecular weight excluding hydrogens is 444 g/mol. The number of thioether (sulfide) groups is 1. The molecule has 9 heteroatoms. The summed E-state index contributed by atoms with van der Waals surface area (Å²) in [5, 5.41) is 11.4. The van der Waals surface area contributed by atoms with E-state index in [2.05, 4.69) is 15.5 Å². The summed E-state index contributed by atoms with van der Waals surface area (Å²) in [6, 6.07) is 15.7. The molecule has 166 valence electrons. The number of anilines is 2. The highest BCUT2D eigenvalue weighted by atomic mass is 32.2. The summed E-state index contributed by atoms with van der Waals surface area (Å²) in [4.78, 5) is 26.8. The Balaban J connectivity index is 1.25. The molecule has 0 saturated carbocycles. The van der Waals surface area contributed by atoms with Crippen molar-refractivity contribution in [2.75, 3.05) is 29.1 Å². The van der Waals surface area contributed by atoms with E-state index in [0.717, 1.165) is 32.7 Å². The second kappa shape index (κ2) is 10.1. The standard InChI is InChI=1S/C23H24N4O3S2/c1-15-5-3-7-18(11-15)27-14-17(13-20(27)28)21(29)24-22-25-26-23(32-22)31-10-9-30-19-8-4-6-16(2)12-19/h3-8,11-12,17H,9-10,13-14H2,1-2H3,(H,24,25,29). The van der Waals surface area contributed by atoms with Gasteiger partial charge in [-0.1, -0.05) is 47.4 Å². The fourth-order valence-corrected chi connectivity index (χ4v) is 5.09. The molecule has 3 aromatic rings. The van der Waals surface area contributed by atoms with E-state index in [1.54, 1.807) is 4.90 Å². The van der Waals surface area contributed by atoms with Crippen LogP contribution in [0.25, 0.3) is 0 Å². The average Bonchev–Trinajstić information content (AvgIpc) is 3.37. The number of nitrogens with zero attached hydrogens (tertiary/aromatic N) is 3. The van der Waals surface area contributed by atoms with Gasteiger partial charge in [0, 0.05) is 24.4 Å². The summed E-state index contributed by atoms with van der Waals surface area (Å²) >= 11 is 2.85.